The topological polar surface area (TPSA) is 55.8 Å². The van der Waals surface area contributed by atoms with Crippen LogP contribution in [0, 0.1) is 0 Å². The minimum Gasteiger partial charge on any atom is -0.495 e. The third-order valence-corrected chi connectivity index (χ3v) is 14.4. The van der Waals surface area contributed by atoms with Gasteiger partial charge in [0.05, 0.1) is 7.11 Å². The van der Waals surface area contributed by atoms with Crippen molar-refractivity contribution in [3.8, 4) is 5.75 Å². The second kappa shape index (κ2) is 10.8. The van der Waals surface area contributed by atoms with E-state index < -0.39 is 18.3 Å². The largest absolute Gasteiger partial charge is 0.495 e. The van der Waals surface area contributed by atoms with Crippen molar-refractivity contribution in [2.75, 3.05) is 20.2 Å². The van der Waals surface area contributed by atoms with E-state index in [1.165, 1.54) is 17.5 Å². The standard InChI is InChI=1S/C28H34BrNO4SSi/c1-28(2,3)36(24-11-7-5-8-12-24,25-13-9-6-10-14-25)34-23-17-19-30(20-18-23)35(31,32)27-21-22(29)15-16-26(27)33-4/h5-16,21,23H,17-20H2,1-4H3. The first-order valence-corrected chi connectivity index (χ1v) is 16.4. The van der Waals surface area contributed by atoms with Crippen LogP contribution in [0.4, 0.5) is 0 Å². The second-order valence-corrected chi connectivity index (χ2v) is 17.3. The van der Waals surface area contributed by atoms with E-state index in [0.717, 1.165) is 0 Å². The molecule has 0 spiro atoms. The van der Waals surface area contributed by atoms with E-state index in [2.05, 4.69) is 85.2 Å². The van der Waals surface area contributed by atoms with Crippen molar-refractivity contribution >= 4 is 44.6 Å². The molecule has 1 aliphatic rings. The molecule has 36 heavy (non-hydrogen) atoms. The Labute approximate surface area is 224 Å². The highest BCUT2D eigenvalue weighted by atomic mass is 79.9. The Morgan fingerprint density at radius 2 is 1.42 bits per heavy atom. The van der Waals surface area contributed by atoms with Crippen molar-refractivity contribution in [1.29, 1.82) is 0 Å². The summed E-state index contributed by atoms with van der Waals surface area (Å²) in [6, 6.07) is 26.2. The molecule has 0 unspecified atom stereocenters. The van der Waals surface area contributed by atoms with Crippen LogP contribution in [0.3, 0.4) is 0 Å². The monoisotopic (exact) mass is 587 g/mol. The number of hydrogen-bond donors (Lipinski definition) is 0. The Balaban J connectivity index is 1.63. The van der Waals surface area contributed by atoms with E-state index in [1.54, 1.807) is 22.5 Å². The third-order valence-electron chi connectivity index (χ3n) is 6.90. The van der Waals surface area contributed by atoms with E-state index in [9.17, 15) is 8.42 Å². The smallest absolute Gasteiger partial charge is 0.261 e. The lowest BCUT2D eigenvalue weighted by molar-refractivity contribution is 0.125. The molecule has 0 N–H and O–H groups in total. The highest BCUT2D eigenvalue weighted by Gasteiger charge is 2.51. The van der Waals surface area contributed by atoms with Gasteiger partial charge in [0.15, 0.2) is 0 Å². The van der Waals surface area contributed by atoms with Gasteiger partial charge in [-0.25, -0.2) is 8.42 Å². The Morgan fingerprint density at radius 3 is 1.89 bits per heavy atom. The first-order chi connectivity index (χ1) is 17.1. The molecular weight excluding hydrogens is 554 g/mol. The average Bonchev–Trinajstić information content (AvgIpc) is 2.88. The van der Waals surface area contributed by atoms with E-state index in [1.807, 2.05) is 12.1 Å². The van der Waals surface area contributed by atoms with Gasteiger partial charge in [0, 0.05) is 23.7 Å². The lowest BCUT2D eigenvalue weighted by atomic mass is 10.1. The molecule has 8 heteroatoms. The molecule has 0 aromatic heterocycles. The summed E-state index contributed by atoms with van der Waals surface area (Å²) in [5.41, 5.74) is 0. The molecule has 4 rings (SSSR count). The minimum atomic E-state index is -3.69. The SMILES string of the molecule is COc1ccc(Br)cc1S(=O)(=O)N1CCC(O[Si](c2ccccc2)(c2ccccc2)C(C)(C)C)CC1. The van der Waals surface area contributed by atoms with Crippen LogP contribution < -0.4 is 15.1 Å². The van der Waals surface area contributed by atoms with Gasteiger partial charge in [0.2, 0.25) is 10.0 Å². The van der Waals surface area contributed by atoms with Crippen LogP contribution in [0.25, 0.3) is 0 Å². The van der Waals surface area contributed by atoms with Crippen molar-refractivity contribution in [2.45, 2.75) is 49.7 Å². The summed E-state index contributed by atoms with van der Waals surface area (Å²) in [6.45, 7) is 7.59. The van der Waals surface area contributed by atoms with Crippen LogP contribution in [0.2, 0.25) is 5.04 Å². The third kappa shape index (κ3) is 5.20. The fraction of sp³-hybridized carbons (Fsp3) is 0.357. The first-order valence-electron chi connectivity index (χ1n) is 12.2. The van der Waals surface area contributed by atoms with Crippen LogP contribution in [0.15, 0.2) is 88.2 Å². The van der Waals surface area contributed by atoms with Gasteiger partial charge in [-0.1, -0.05) is 97.4 Å². The van der Waals surface area contributed by atoms with Crippen molar-refractivity contribution < 1.29 is 17.6 Å². The van der Waals surface area contributed by atoms with Gasteiger partial charge >= 0.3 is 0 Å². The molecule has 0 radical (unpaired) electrons. The minimum absolute atomic E-state index is 0.0350. The van der Waals surface area contributed by atoms with Gasteiger partial charge in [0.1, 0.15) is 10.6 Å². The number of halogens is 1. The Kier molecular flexibility index (Phi) is 8.12. The molecular formula is C28H34BrNO4SSi. The summed E-state index contributed by atoms with van der Waals surface area (Å²) in [5, 5.41) is 2.35. The number of rotatable bonds is 7. The summed E-state index contributed by atoms with van der Waals surface area (Å²) >= 11 is 3.39. The van der Waals surface area contributed by atoms with Gasteiger partial charge in [-0.15, -0.1) is 0 Å². The summed E-state index contributed by atoms with van der Waals surface area (Å²) < 4.78 is 41.9. The Hall–Kier alpha value is -1.97. The van der Waals surface area contributed by atoms with Crippen LogP contribution in [-0.2, 0) is 14.4 Å². The van der Waals surface area contributed by atoms with E-state index in [0.29, 0.717) is 36.2 Å². The van der Waals surface area contributed by atoms with Crippen LogP contribution in [0.1, 0.15) is 33.6 Å². The molecule has 3 aromatic rings. The molecule has 0 aliphatic carbocycles. The summed E-state index contributed by atoms with van der Waals surface area (Å²) in [7, 11) is -4.89. The molecule has 1 heterocycles. The lowest BCUT2D eigenvalue weighted by Crippen LogP contribution is -2.68. The fourth-order valence-electron chi connectivity index (χ4n) is 5.12. The molecule has 0 amide bonds. The molecule has 1 saturated heterocycles. The van der Waals surface area contributed by atoms with Crippen molar-refractivity contribution in [3.63, 3.8) is 0 Å². The number of methoxy groups -OCH3 is 1. The quantitative estimate of drug-likeness (QED) is 0.357. The number of sulfonamides is 1. The number of piperidine rings is 1. The van der Waals surface area contributed by atoms with Gasteiger partial charge in [-0.2, -0.15) is 4.31 Å². The maximum absolute atomic E-state index is 13.5. The first kappa shape index (κ1) is 27.1. The summed E-state index contributed by atoms with van der Waals surface area (Å²) in [5.74, 6) is 0.351. The maximum Gasteiger partial charge on any atom is 0.261 e. The molecule has 0 bridgehead atoms. The number of nitrogens with zero attached hydrogens (tertiary/aromatic N) is 1. The zero-order valence-corrected chi connectivity index (χ0v) is 24.7. The maximum atomic E-state index is 13.5. The molecule has 3 aromatic carbocycles. The van der Waals surface area contributed by atoms with E-state index >= 15 is 0 Å². The van der Waals surface area contributed by atoms with Crippen LogP contribution in [-0.4, -0.2) is 47.3 Å². The molecule has 1 aliphatic heterocycles. The van der Waals surface area contributed by atoms with Crippen molar-refractivity contribution in [2.24, 2.45) is 0 Å². The summed E-state index contributed by atoms with van der Waals surface area (Å²) in [6.07, 6.45) is 1.24. The van der Waals surface area contributed by atoms with E-state index in [4.69, 9.17) is 9.16 Å². The predicted molar refractivity (Wildman–Crippen MR) is 151 cm³/mol. The Morgan fingerprint density at radius 1 is 0.889 bits per heavy atom. The second-order valence-electron chi connectivity index (χ2n) is 10.2. The molecule has 1 fully saturated rings. The van der Waals surface area contributed by atoms with E-state index in [-0.39, 0.29) is 16.0 Å². The van der Waals surface area contributed by atoms with Gasteiger partial charge in [-0.05, 0) is 46.5 Å². The Bertz CT molecular complexity index is 1230. The zero-order valence-electron chi connectivity index (χ0n) is 21.3. The highest BCUT2D eigenvalue weighted by molar-refractivity contribution is 9.10. The molecule has 0 saturated carbocycles. The average molecular weight is 589 g/mol. The lowest BCUT2D eigenvalue weighted by Gasteiger charge is -2.46. The fourth-order valence-corrected chi connectivity index (χ4v) is 12.0. The van der Waals surface area contributed by atoms with Gasteiger partial charge in [0.25, 0.3) is 8.32 Å². The predicted octanol–water partition coefficient (Wildman–Crippen LogP) is 5.19. The number of ether oxygens (including phenoxy) is 1. The molecule has 192 valence electrons. The normalized spacial score (nSPS) is 16.1. The number of benzene rings is 3. The highest BCUT2D eigenvalue weighted by Crippen LogP contribution is 2.39. The van der Waals surface area contributed by atoms with Gasteiger partial charge < -0.3 is 9.16 Å². The van der Waals surface area contributed by atoms with Gasteiger partial charge in [-0.3, -0.25) is 0 Å². The van der Waals surface area contributed by atoms with Crippen molar-refractivity contribution in [1.82, 2.24) is 4.31 Å². The summed E-state index contributed by atoms with van der Waals surface area (Å²) in [4.78, 5) is 0.186. The molecule has 5 nitrogen and oxygen atoms in total. The zero-order chi connectivity index (χ0) is 26.0. The van der Waals surface area contributed by atoms with Crippen molar-refractivity contribution in [3.05, 3.63) is 83.3 Å². The molecule has 0 atom stereocenters. The number of hydrogen-bond acceptors (Lipinski definition) is 4. The van der Waals surface area contributed by atoms with Crippen LogP contribution >= 0.6 is 15.9 Å². The van der Waals surface area contributed by atoms with Crippen LogP contribution in [0.5, 0.6) is 5.75 Å².